The molecule has 1 atom stereocenters. The number of anilines is 1. The lowest BCUT2D eigenvalue weighted by Crippen LogP contribution is -2.28. The van der Waals surface area contributed by atoms with Gasteiger partial charge in [-0.25, -0.2) is 0 Å². The number of ether oxygens (including phenoxy) is 1. The fourth-order valence-corrected chi connectivity index (χ4v) is 1.59. The first-order valence-corrected chi connectivity index (χ1v) is 5.59. The zero-order valence-electron chi connectivity index (χ0n) is 9.93. The van der Waals surface area contributed by atoms with Gasteiger partial charge in [0.25, 0.3) is 0 Å². The number of nitrogens with zero attached hydrogens (tertiary/aromatic N) is 1. The predicted octanol–water partition coefficient (Wildman–Crippen LogP) is 1.79. The summed E-state index contributed by atoms with van der Waals surface area (Å²) in [5.41, 5.74) is 7.58. The third-order valence-corrected chi connectivity index (χ3v) is 2.74. The van der Waals surface area contributed by atoms with E-state index >= 15 is 0 Å². The van der Waals surface area contributed by atoms with E-state index in [-0.39, 0.29) is 6.10 Å². The number of benzene rings is 1. The minimum atomic E-state index is 0.193. The molecule has 0 aliphatic carbocycles. The first kappa shape index (κ1) is 12.9. The Labute approximate surface area is 102 Å². The van der Waals surface area contributed by atoms with Crippen molar-refractivity contribution in [2.75, 3.05) is 25.6 Å². The summed E-state index contributed by atoms with van der Waals surface area (Å²) in [6.07, 6.45) is 0.193. The van der Waals surface area contributed by atoms with Crippen LogP contribution in [-0.2, 0) is 4.74 Å². The molecule has 1 aromatic carbocycles. The van der Waals surface area contributed by atoms with Crippen LogP contribution in [0.25, 0.3) is 0 Å². The molecule has 0 saturated heterocycles. The third-order valence-electron chi connectivity index (χ3n) is 2.50. The topological polar surface area (TPSA) is 38.5 Å². The fraction of sp³-hybridized carbons (Fsp3) is 0.417. The minimum Gasteiger partial charge on any atom is -0.389 e. The van der Waals surface area contributed by atoms with Gasteiger partial charge in [-0.2, -0.15) is 0 Å². The van der Waals surface area contributed by atoms with Crippen LogP contribution < -0.4 is 10.6 Å². The monoisotopic (exact) mass is 238 g/mol. The molecule has 0 aliphatic rings. The standard InChI is InChI=1S/C12H18N2OS/c1-9(15-3)8-14(2)11-6-4-5-10(7-11)12(13)16/h4-7,9H,8H2,1-3H3,(H2,13,16). The van der Waals surface area contributed by atoms with Crippen LogP contribution in [0.1, 0.15) is 12.5 Å². The normalized spacial score (nSPS) is 12.2. The molecular weight excluding hydrogens is 220 g/mol. The van der Waals surface area contributed by atoms with E-state index in [4.69, 9.17) is 22.7 Å². The van der Waals surface area contributed by atoms with E-state index in [0.29, 0.717) is 4.99 Å². The van der Waals surface area contributed by atoms with Crippen LogP contribution in [0.2, 0.25) is 0 Å². The Morgan fingerprint density at radius 1 is 1.56 bits per heavy atom. The van der Waals surface area contributed by atoms with Crippen LogP contribution in [0.5, 0.6) is 0 Å². The minimum absolute atomic E-state index is 0.193. The SMILES string of the molecule is COC(C)CN(C)c1cccc(C(N)=S)c1. The van der Waals surface area contributed by atoms with E-state index in [2.05, 4.69) is 4.90 Å². The molecule has 1 unspecified atom stereocenters. The summed E-state index contributed by atoms with van der Waals surface area (Å²) in [6, 6.07) is 7.89. The van der Waals surface area contributed by atoms with E-state index in [9.17, 15) is 0 Å². The molecule has 0 amide bonds. The number of thiocarbonyl (C=S) groups is 1. The highest BCUT2D eigenvalue weighted by Crippen LogP contribution is 2.15. The van der Waals surface area contributed by atoms with Gasteiger partial charge in [-0.3, -0.25) is 0 Å². The van der Waals surface area contributed by atoms with E-state index in [0.717, 1.165) is 17.8 Å². The van der Waals surface area contributed by atoms with Crippen molar-refractivity contribution in [2.45, 2.75) is 13.0 Å². The second-order valence-corrected chi connectivity index (χ2v) is 4.28. The molecule has 0 spiro atoms. The zero-order valence-corrected chi connectivity index (χ0v) is 10.8. The van der Waals surface area contributed by atoms with Crippen LogP contribution in [0, 0.1) is 0 Å². The lowest BCUT2D eigenvalue weighted by molar-refractivity contribution is 0.124. The van der Waals surface area contributed by atoms with Crippen LogP contribution in [0.4, 0.5) is 5.69 Å². The number of rotatable bonds is 5. The molecule has 3 nitrogen and oxygen atoms in total. The maximum absolute atomic E-state index is 5.60. The Hall–Kier alpha value is -1.13. The number of hydrogen-bond donors (Lipinski definition) is 1. The van der Waals surface area contributed by atoms with Gasteiger partial charge in [-0.1, -0.05) is 24.4 Å². The summed E-state index contributed by atoms with van der Waals surface area (Å²) >= 11 is 4.95. The van der Waals surface area contributed by atoms with Crippen molar-refractivity contribution in [3.05, 3.63) is 29.8 Å². The molecular formula is C12H18N2OS. The summed E-state index contributed by atoms with van der Waals surface area (Å²) in [4.78, 5) is 2.55. The molecule has 0 aromatic heterocycles. The average Bonchev–Trinajstić information content (AvgIpc) is 2.28. The van der Waals surface area contributed by atoms with E-state index < -0.39 is 0 Å². The second kappa shape index (κ2) is 5.82. The van der Waals surface area contributed by atoms with Crippen LogP contribution in [0.3, 0.4) is 0 Å². The van der Waals surface area contributed by atoms with Gasteiger partial charge >= 0.3 is 0 Å². The van der Waals surface area contributed by atoms with Gasteiger partial charge in [0, 0.05) is 32.0 Å². The number of hydrogen-bond acceptors (Lipinski definition) is 3. The van der Waals surface area contributed by atoms with Gasteiger partial charge in [-0.15, -0.1) is 0 Å². The van der Waals surface area contributed by atoms with Gasteiger partial charge in [0.15, 0.2) is 0 Å². The van der Waals surface area contributed by atoms with Crippen LogP contribution >= 0.6 is 12.2 Å². The summed E-state index contributed by atoms with van der Waals surface area (Å²) in [7, 11) is 3.73. The molecule has 4 heteroatoms. The Morgan fingerprint density at radius 3 is 2.81 bits per heavy atom. The predicted molar refractivity (Wildman–Crippen MR) is 72.1 cm³/mol. The number of likely N-dealkylation sites (N-methyl/N-ethyl adjacent to an activating group) is 1. The zero-order chi connectivity index (χ0) is 12.1. The lowest BCUT2D eigenvalue weighted by Gasteiger charge is -2.23. The third kappa shape index (κ3) is 3.47. The molecule has 1 rings (SSSR count). The fourth-order valence-electron chi connectivity index (χ4n) is 1.46. The molecule has 88 valence electrons. The van der Waals surface area contributed by atoms with E-state index in [1.807, 2.05) is 38.2 Å². The highest BCUT2D eigenvalue weighted by atomic mass is 32.1. The summed E-state index contributed by atoms with van der Waals surface area (Å²) < 4.78 is 5.23. The van der Waals surface area contributed by atoms with Gasteiger partial charge in [0.1, 0.15) is 4.99 Å². The summed E-state index contributed by atoms with van der Waals surface area (Å²) in [5, 5.41) is 0. The lowest BCUT2D eigenvalue weighted by atomic mass is 10.2. The molecule has 0 saturated carbocycles. The molecule has 0 radical (unpaired) electrons. The molecule has 0 heterocycles. The molecule has 16 heavy (non-hydrogen) atoms. The van der Waals surface area contributed by atoms with Gasteiger partial charge in [0.2, 0.25) is 0 Å². The molecule has 0 fully saturated rings. The van der Waals surface area contributed by atoms with Crippen LogP contribution in [0.15, 0.2) is 24.3 Å². The Kier molecular flexibility index (Phi) is 4.71. The van der Waals surface area contributed by atoms with Crippen molar-refractivity contribution in [1.29, 1.82) is 0 Å². The molecule has 2 N–H and O–H groups in total. The average molecular weight is 238 g/mol. The highest BCUT2D eigenvalue weighted by molar-refractivity contribution is 7.80. The van der Waals surface area contributed by atoms with Crippen molar-refractivity contribution in [2.24, 2.45) is 5.73 Å². The van der Waals surface area contributed by atoms with Gasteiger partial charge in [0.05, 0.1) is 6.10 Å². The maximum Gasteiger partial charge on any atom is 0.104 e. The van der Waals surface area contributed by atoms with Crippen molar-refractivity contribution in [1.82, 2.24) is 0 Å². The quantitative estimate of drug-likeness (QED) is 0.794. The first-order chi connectivity index (χ1) is 7.54. The Balaban J connectivity index is 2.79. The second-order valence-electron chi connectivity index (χ2n) is 3.84. The van der Waals surface area contributed by atoms with Crippen molar-refractivity contribution in [3.63, 3.8) is 0 Å². The van der Waals surface area contributed by atoms with Crippen molar-refractivity contribution >= 4 is 22.9 Å². The van der Waals surface area contributed by atoms with Gasteiger partial charge in [-0.05, 0) is 19.1 Å². The number of methoxy groups -OCH3 is 1. The smallest absolute Gasteiger partial charge is 0.104 e. The molecule has 0 aliphatic heterocycles. The molecule has 1 aromatic rings. The Bertz CT molecular complexity index is 368. The van der Waals surface area contributed by atoms with E-state index in [1.54, 1.807) is 7.11 Å². The summed E-state index contributed by atoms with van der Waals surface area (Å²) in [5.74, 6) is 0. The highest BCUT2D eigenvalue weighted by Gasteiger charge is 2.07. The van der Waals surface area contributed by atoms with Gasteiger partial charge < -0.3 is 15.4 Å². The maximum atomic E-state index is 5.60. The van der Waals surface area contributed by atoms with Crippen molar-refractivity contribution < 1.29 is 4.74 Å². The first-order valence-electron chi connectivity index (χ1n) is 5.18. The largest absolute Gasteiger partial charge is 0.389 e. The van der Waals surface area contributed by atoms with Crippen LogP contribution in [-0.4, -0.2) is 31.8 Å². The molecule has 0 bridgehead atoms. The van der Waals surface area contributed by atoms with E-state index in [1.165, 1.54) is 0 Å². The Morgan fingerprint density at radius 2 is 2.25 bits per heavy atom. The summed E-state index contributed by atoms with van der Waals surface area (Å²) in [6.45, 7) is 2.87. The number of nitrogens with two attached hydrogens (primary N) is 1. The van der Waals surface area contributed by atoms with Crippen molar-refractivity contribution in [3.8, 4) is 0 Å².